The zero-order valence-electron chi connectivity index (χ0n) is 20.0. The number of nitrogens with zero attached hydrogens (tertiary/aromatic N) is 1. The van der Waals surface area contributed by atoms with Crippen LogP contribution in [-0.2, 0) is 19.2 Å². The third kappa shape index (κ3) is 12.0. The molecule has 11 N–H and O–H groups in total. The number of aliphatic imine (C=N–C) groups is 1. The lowest BCUT2D eigenvalue weighted by Gasteiger charge is -2.27. The Hall–Kier alpha value is -2.58. The lowest BCUT2D eigenvalue weighted by atomic mass is 9.97. The molecule has 3 amide bonds. The van der Waals surface area contributed by atoms with Gasteiger partial charge in [-0.05, 0) is 37.2 Å². The highest BCUT2D eigenvalue weighted by atomic mass is 32.2. The summed E-state index contributed by atoms with van der Waals surface area (Å²) in [7, 11) is 0. The monoisotopic (exact) mass is 505 g/mol. The molecule has 0 spiro atoms. The molecule has 34 heavy (non-hydrogen) atoms. The van der Waals surface area contributed by atoms with Gasteiger partial charge in [-0.3, -0.25) is 19.4 Å². The fraction of sp³-hybridized carbons (Fsp3) is 0.750. The molecule has 0 saturated heterocycles. The van der Waals surface area contributed by atoms with E-state index in [1.807, 2.05) is 13.2 Å². The van der Waals surface area contributed by atoms with Gasteiger partial charge in [-0.1, -0.05) is 20.3 Å². The molecule has 13 nitrogen and oxygen atoms in total. The first-order chi connectivity index (χ1) is 16.0. The Kier molecular flexibility index (Phi) is 15.7. The van der Waals surface area contributed by atoms with Crippen LogP contribution in [0.4, 0.5) is 0 Å². The summed E-state index contributed by atoms with van der Waals surface area (Å²) in [5.41, 5.74) is 16.3. The number of aliphatic hydroxyl groups is 1. The van der Waals surface area contributed by atoms with Crippen molar-refractivity contribution in [2.24, 2.45) is 28.1 Å². The molecule has 196 valence electrons. The largest absolute Gasteiger partial charge is 0.480 e. The van der Waals surface area contributed by atoms with Crippen LogP contribution in [0.15, 0.2) is 4.99 Å². The number of nitrogens with two attached hydrogens (primary N) is 3. The van der Waals surface area contributed by atoms with E-state index in [4.69, 9.17) is 17.2 Å². The third-order valence-electron chi connectivity index (χ3n) is 5.14. The average molecular weight is 506 g/mol. The normalized spacial score (nSPS) is 15.2. The number of aliphatic carboxylic acids is 1. The number of carboxylic acid groups (broad SMARTS) is 1. The highest BCUT2D eigenvalue weighted by Gasteiger charge is 2.32. The van der Waals surface area contributed by atoms with Gasteiger partial charge in [0.15, 0.2) is 5.96 Å². The molecule has 0 aliphatic heterocycles. The van der Waals surface area contributed by atoms with Crippen LogP contribution >= 0.6 is 11.8 Å². The predicted octanol–water partition coefficient (Wildman–Crippen LogP) is -2.30. The van der Waals surface area contributed by atoms with Crippen LogP contribution in [0.1, 0.15) is 39.5 Å². The van der Waals surface area contributed by atoms with Crippen molar-refractivity contribution in [1.29, 1.82) is 0 Å². The van der Waals surface area contributed by atoms with Gasteiger partial charge in [0.1, 0.15) is 18.1 Å². The van der Waals surface area contributed by atoms with E-state index in [2.05, 4.69) is 20.9 Å². The number of hydrogen-bond acceptors (Lipinski definition) is 8. The topological polar surface area (TPSA) is 235 Å². The number of carbonyl (C=O) groups is 4. The van der Waals surface area contributed by atoms with Crippen molar-refractivity contribution in [2.75, 3.05) is 25.2 Å². The number of carbonyl (C=O) groups excluding carboxylic acids is 3. The summed E-state index contributed by atoms with van der Waals surface area (Å²) in [6, 6.07) is -4.47. The third-order valence-corrected chi connectivity index (χ3v) is 5.78. The second kappa shape index (κ2) is 16.9. The zero-order chi connectivity index (χ0) is 26.3. The first kappa shape index (κ1) is 31.4. The molecule has 0 aliphatic carbocycles. The van der Waals surface area contributed by atoms with Gasteiger partial charge >= 0.3 is 5.97 Å². The summed E-state index contributed by atoms with van der Waals surface area (Å²) in [5, 5.41) is 26.3. The van der Waals surface area contributed by atoms with Crippen molar-refractivity contribution in [3.63, 3.8) is 0 Å². The Morgan fingerprint density at radius 3 is 2.12 bits per heavy atom. The van der Waals surface area contributed by atoms with Crippen molar-refractivity contribution >= 4 is 41.4 Å². The highest BCUT2D eigenvalue weighted by molar-refractivity contribution is 7.98. The quantitative estimate of drug-likeness (QED) is 0.0597. The van der Waals surface area contributed by atoms with E-state index in [0.29, 0.717) is 18.6 Å². The van der Waals surface area contributed by atoms with Gasteiger partial charge in [-0.2, -0.15) is 11.8 Å². The number of amides is 3. The molecule has 0 aromatic heterocycles. The van der Waals surface area contributed by atoms with E-state index >= 15 is 0 Å². The molecule has 0 aromatic carbocycles. The summed E-state index contributed by atoms with van der Waals surface area (Å²) >= 11 is 1.45. The zero-order valence-corrected chi connectivity index (χ0v) is 20.8. The Bertz CT molecular complexity index is 705. The van der Waals surface area contributed by atoms with Crippen molar-refractivity contribution in [1.82, 2.24) is 16.0 Å². The molecule has 5 unspecified atom stereocenters. The average Bonchev–Trinajstić information content (AvgIpc) is 2.79. The summed E-state index contributed by atoms with van der Waals surface area (Å²) < 4.78 is 0. The van der Waals surface area contributed by atoms with Crippen molar-refractivity contribution in [3.8, 4) is 0 Å². The van der Waals surface area contributed by atoms with Crippen LogP contribution in [0.5, 0.6) is 0 Å². The van der Waals surface area contributed by atoms with E-state index in [0.717, 1.165) is 0 Å². The standard InChI is InChI=1S/C20H39N7O6S/c1-4-11(2)15(18(31)25-13(19(32)33)7-9-34-3)27-17(30)14(10-28)26-16(29)12(21)6-5-8-24-20(22)23/h11-15,28H,4-10,21H2,1-3H3,(H,25,31)(H,26,29)(H,27,30)(H,32,33)(H4,22,23,24). The first-order valence-corrected chi connectivity index (χ1v) is 12.4. The smallest absolute Gasteiger partial charge is 0.326 e. The van der Waals surface area contributed by atoms with Gasteiger partial charge in [0.2, 0.25) is 17.7 Å². The number of carboxylic acids is 1. The van der Waals surface area contributed by atoms with Crippen LogP contribution in [0.3, 0.4) is 0 Å². The molecule has 0 aliphatic rings. The Labute approximate surface area is 204 Å². The Balaban J connectivity index is 5.15. The lowest BCUT2D eigenvalue weighted by Crippen LogP contribution is -2.59. The predicted molar refractivity (Wildman–Crippen MR) is 131 cm³/mol. The van der Waals surface area contributed by atoms with E-state index in [-0.39, 0.29) is 31.3 Å². The molecule has 0 rings (SSSR count). The minimum atomic E-state index is -1.35. The second-order valence-electron chi connectivity index (χ2n) is 7.85. The maximum atomic E-state index is 12.8. The second-order valence-corrected chi connectivity index (χ2v) is 8.84. The molecular formula is C20H39N7O6S. The molecular weight excluding hydrogens is 466 g/mol. The first-order valence-electron chi connectivity index (χ1n) is 11.0. The van der Waals surface area contributed by atoms with Crippen LogP contribution in [0.25, 0.3) is 0 Å². The molecule has 0 radical (unpaired) electrons. The number of nitrogens with one attached hydrogen (secondary N) is 3. The number of thioether (sulfide) groups is 1. The van der Waals surface area contributed by atoms with Crippen LogP contribution < -0.4 is 33.2 Å². The SMILES string of the molecule is CCC(C)C(NC(=O)C(CO)NC(=O)C(N)CCCN=C(N)N)C(=O)NC(CCSC)C(=O)O. The van der Waals surface area contributed by atoms with E-state index in [1.54, 1.807) is 6.92 Å². The number of rotatable bonds is 17. The summed E-state index contributed by atoms with van der Waals surface area (Å²) in [4.78, 5) is 53.1. The Morgan fingerprint density at radius 1 is 1.00 bits per heavy atom. The van der Waals surface area contributed by atoms with Crippen LogP contribution in [-0.4, -0.2) is 89.2 Å². The van der Waals surface area contributed by atoms with Crippen molar-refractivity contribution in [2.45, 2.75) is 63.7 Å². The number of guanidine groups is 1. The molecule has 0 aromatic rings. The molecule has 0 bridgehead atoms. The minimum Gasteiger partial charge on any atom is -0.480 e. The minimum absolute atomic E-state index is 0.0751. The van der Waals surface area contributed by atoms with E-state index in [1.165, 1.54) is 11.8 Å². The number of aliphatic hydroxyl groups excluding tert-OH is 1. The van der Waals surface area contributed by atoms with Gasteiger partial charge in [0.25, 0.3) is 0 Å². The van der Waals surface area contributed by atoms with E-state index in [9.17, 15) is 29.4 Å². The lowest BCUT2D eigenvalue weighted by molar-refractivity contribution is -0.142. The molecule has 0 fully saturated rings. The maximum Gasteiger partial charge on any atom is 0.326 e. The molecule has 5 atom stereocenters. The highest BCUT2D eigenvalue weighted by Crippen LogP contribution is 2.10. The van der Waals surface area contributed by atoms with Gasteiger partial charge in [-0.15, -0.1) is 0 Å². The van der Waals surface area contributed by atoms with Crippen LogP contribution in [0, 0.1) is 5.92 Å². The number of hydrogen-bond donors (Lipinski definition) is 8. The van der Waals surface area contributed by atoms with E-state index < -0.39 is 54.5 Å². The maximum absolute atomic E-state index is 12.8. The summed E-state index contributed by atoms with van der Waals surface area (Å²) in [6.45, 7) is 3.10. The summed E-state index contributed by atoms with van der Waals surface area (Å²) in [5.74, 6) is -3.17. The van der Waals surface area contributed by atoms with Crippen molar-refractivity contribution < 1.29 is 29.4 Å². The summed E-state index contributed by atoms with van der Waals surface area (Å²) in [6.07, 6.45) is 3.23. The van der Waals surface area contributed by atoms with Gasteiger partial charge in [0.05, 0.1) is 12.6 Å². The van der Waals surface area contributed by atoms with Gasteiger partial charge < -0.3 is 43.4 Å². The molecule has 0 saturated carbocycles. The molecule has 0 heterocycles. The van der Waals surface area contributed by atoms with Crippen molar-refractivity contribution in [3.05, 3.63) is 0 Å². The fourth-order valence-corrected chi connectivity index (χ4v) is 3.31. The van der Waals surface area contributed by atoms with Crippen LogP contribution in [0.2, 0.25) is 0 Å². The Morgan fingerprint density at radius 2 is 1.62 bits per heavy atom. The van der Waals surface area contributed by atoms with Gasteiger partial charge in [-0.25, -0.2) is 4.79 Å². The fourth-order valence-electron chi connectivity index (χ4n) is 2.83. The molecule has 14 heteroatoms. The van der Waals surface area contributed by atoms with Gasteiger partial charge in [0, 0.05) is 6.54 Å².